The molecule has 1 aromatic heterocycles. The minimum Gasteiger partial charge on any atom is -0.448 e. The van der Waals surface area contributed by atoms with Gasteiger partial charge in [0.15, 0.2) is 6.39 Å². The van der Waals surface area contributed by atoms with E-state index >= 15 is 0 Å². The Labute approximate surface area is 109 Å². The Hall–Kier alpha value is -0.830. The lowest BCUT2D eigenvalue weighted by atomic mass is 10.0. The van der Waals surface area contributed by atoms with Crippen LogP contribution in [0.2, 0.25) is 0 Å². The largest absolute Gasteiger partial charge is 0.448 e. The lowest BCUT2D eigenvalue weighted by Gasteiger charge is -2.06. The molecule has 3 heteroatoms. The van der Waals surface area contributed by atoms with Gasteiger partial charge in [0.2, 0.25) is 0 Å². The normalized spacial score (nSPS) is 30.5. The maximum absolute atomic E-state index is 5.69. The van der Waals surface area contributed by atoms with Crippen LogP contribution in [0, 0.1) is 17.8 Å². The zero-order valence-electron chi connectivity index (χ0n) is 11.5. The van der Waals surface area contributed by atoms with Crippen molar-refractivity contribution in [2.24, 2.45) is 17.8 Å². The summed E-state index contributed by atoms with van der Waals surface area (Å²) in [7, 11) is 0. The fraction of sp³-hybridized carbons (Fsp3) is 0.800. The first-order valence-corrected chi connectivity index (χ1v) is 7.40. The van der Waals surface area contributed by atoms with Crippen LogP contribution in [0.4, 0.5) is 0 Å². The first kappa shape index (κ1) is 12.2. The van der Waals surface area contributed by atoms with E-state index in [0.29, 0.717) is 11.8 Å². The van der Waals surface area contributed by atoms with Crippen molar-refractivity contribution in [1.29, 1.82) is 0 Å². The molecule has 2 saturated carbocycles. The Kier molecular flexibility index (Phi) is 3.42. The van der Waals surface area contributed by atoms with Crippen LogP contribution < -0.4 is 5.32 Å². The van der Waals surface area contributed by atoms with E-state index < -0.39 is 0 Å². The molecular weight excluding hydrogens is 224 g/mol. The molecule has 2 aliphatic rings. The highest BCUT2D eigenvalue weighted by Crippen LogP contribution is 2.61. The molecule has 2 fully saturated rings. The number of hydrogen-bond acceptors (Lipinski definition) is 3. The summed E-state index contributed by atoms with van der Waals surface area (Å²) in [4.78, 5) is 4.40. The van der Waals surface area contributed by atoms with Crippen LogP contribution in [0.15, 0.2) is 10.8 Å². The molecule has 0 radical (unpaired) electrons. The van der Waals surface area contributed by atoms with E-state index in [1.165, 1.54) is 31.4 Å². The summed E-state index contributed by atoms with van der Waals surface area (Å²) in [6, 6.07) is 0. The lowest BCUT2D eigenvalue weighted by Crippen LogP contribution is -2.19. The van der Waals surface area contributed by atoms with Gasteiger partial charge in [-0.1, -0.05) is 26.7 Å². The molecule has 2 aliphatic carbocycles. The first-order chi connectivity index (χ1) is 8.77. The molecule has 0 aliphatic heterocycles. The summed E-state index contributed by atoms with van der Waals surface area (Å²) in [5.74, 6) is 4.35. The van der Waals surface area contributed by atoms with Crippen LogP contribution in [0.3, 0.4) is 0 Å². The molecule has 0 bridgehead atoms. The molecule has 0 saturated heterocycles. The number of oxazole rings is 1. The molecule has 1 N–H and O–H groups in total. The average molecular weight is 248 g/mol. The quantitative estimate of drug-likeness (QED) is 0.868. The predicted molar refractivity (Wildman–Crippen MR) is 71.2 cm³/mol. The topological polar surface area (TPSA) is 38.1 Å². The van der Waals surface area contributed by atoms with Gasteiger partial charge in [0.25, 0.3) is 0 Å². The fourth-order valence-electron chi connectivity index (χ4n) is 3.54. The molecule has 2 unspecified atom stereocenters. The van der Waals surface area contributed by atoms with Gasteiger partial charge < -0.3 is 9.73 Å². The van der Waals surface area contributed by atoms with Gasteiger partial charge in [-0.25, -0.2) is 4.98 Å². The average Bonchev–Trinajstić information content (AvgIpc) is 2.90. The maximum Gasteiger partial charge on any atom is 0.181 e. The molecule has 1 aromatic rings. The van der Waals surface area contributed by atoms with Crippen LogP contribution >= 0.6 is 0 Å². The van der Waals surface area contributed by atoms with Crippen LogP contribution in [-0.4, -0.2) is 11.5 Å². The molecule has 100 valence electrons. The van der Waals surface area contributed by atoms with Gasteiger partial charge in [-0.05, 0) is 37.1 Å². The van der Waals surface area contributed by atoms with Crippen LogP contribution in [0.25, 0.3) is 0 Å². The fourth-order valence-corrected chi connectivity index (χ4v) is 3.54. The zero-order valence-corrected chi connectivity index (χ0v) is 11.5. The molecule has 3 rings (SSSR count). The first-order valence-electron chi connectivity index (χ1n) is 7.40. The highest BCUT2D eigenvalue weighted by Gasteiger charge is 2.53. The van der Waals surface area contributed by atoms with Crippen LogP contribution in [-0.2, 0) is 6.54 Å². The SMILES string of the molecule is CC(C)CNCc1ncoc1C1C2CCCCC21. The van der Waals surface area contributed by atoms with E-state index in [-0.39, 0.29) is 0 Å². The van der Waals surface area contributed by atoms with Crippen molar-refractivity contribution in [3.05, 3.63) is 17.8 Å². The maximum atomic E-state index is 5.69. The van der Waals surface area contributed by atoms with Gasteiger partial charge in [-0.15, -0.1) is 0 Å². The van der Waals surface area contributed by atoms with Crippen molar-refractivity contribution < 1.29 is 4.42 Å². The number of nitrogens with one attached hydrogen (secondary N) is 1. The Morgan fingerprint density at radius 2 is 2.06 bits per heavy atom. The number of hydrogen-bond donors (Lipinski definition) is 1. The highest BCUT2D eigenvalue weighted by molar-refractivity contribution is 5.24. The van der Waals surface area contributed by atoms with Crippen molar-refractivity contribution >= 4 is 0 Å². The Morgan fingerprint density at radius 3 is 2.72 bits per heavy atom. The molecule has 0 aromatic carbocycles. The Morgan fingerprint density at radius 1 is 1.33 bits per heavy atom. The molecule has 3 nitrogen and oxygen atoms in total. The summed E-state index contributed by atoms with van der Waals surface area (Å²) in [6.45, 7) is 6.36. The zero-order chi connectivity index (χ0) is 12.5. The third kappa shape index (κ3) is 2.33. The lowest BCUT2D eigenvalue weighted by molar-refractivity contribution is 0.480. The summed E-state index contributed by atoms with van der Waals surface area (Å²) in [5, 5.41) is 3.47. The van der Waals surface area contributed by atoms with E-state index in [0.717, 1.165) is 30.6 Å². The summed E-state index contributed by atoms with van der Waals surface area (Å²) < 4.78 is 5.69. The minimum absolute atomic E-state index is 0.684. The minimum atomic E-state index is 0.684. The second-order valence-electron chi connectivity index (χ2n) is 6.33. The van der Waals surface area contributed by atoms with Crippen molar-refractivity contribution in [2.45, 2.75) is 52.0 Å². The van der Waals surface area contributed by atoms with Gasteiger partial charge in [0.05, 0.1) is 5.69 Å². The molecular formula is C15H24N2O. The van der Waals surface area contributed by atoms with E-state index in [1.54, 1.807) is 6.39 Å². The summed E-state index contributed by atoms with van der Waals surface area (Å²) in [5.41, 5.74) is 1.15. The molecule has 0 spiro atoms. The second-order valence-corrected chi connectivity index (χ2v) is 6.33. The predicted octanol–water partition coefficient (Wildman–Crippen LogP) is 3.32. The standard InChI is InChI=1S/C15H24N2O/c1-10(2)7-16-8-13-15(18-9-17-13)14-11-5-3-4-6-12(11)14/h9-12,14,16H,3-8H2,1-2H3. The Balaban J connectivity index is 1.61. The van der Waals surface area contributed by atoms with Gasteiger partial charge >= 0.3 is 0 Å². The van der Waals surface area contributed by atoms with Gasteiger partial charge in [-0.2, -0.15) is 0 Å². The van der Waals surface area contributed by atoms with Gasteiger partial charge in [0.1, 0.15) is 5.76 Å². The number of aromatic nitrogens is 1. The third-order valence-electron chi connectivity index (χ3n) is 4.48. The molecule has 0 amide bonds. The van der Waals surface area contributed by atoms with Gasteiger partial charge in [0, 0.05) is 12.5 Å². The van der Waals surface area contributed by atoms with Crippen LogP contribution in [0.1, 0.15) is 56.9 Å². The monoisotopic (exact) mass is 248 g/mol. The number of rotatable bonds is 5. The molecule has 18 heavy (non-hydrogen) atoms. The van der Waals surface area contributed by atoms with E-state index in [2.05, 4.69) is 24.1 Å². The highest BCUT2D eigenvalue weighted by atomic mass is 16.3. The number of nitrogens with zero attached hydrogens (tertiary/aromatic N) is 1. The number of fused-ring (bicyclic) bond motifs is 1. The van der Waals surface area contributed by atoms with E-state index in [4.69, 9.17) is 4.42 Å². The van der Waals surface area contributed by atoms with Crippen molar-refractivity contribution in [3.63, 3.8) is 0 Å². The van der Waals surface area contributed by atoms with Gasteiger partial charge in [-0.3, -0.25) is 0 Å². The second kappa shape index (κ2) is 5.04. The summed E-state index contributed by atoms with van der Waals surface area (Å²) in [6.07, 6.45) is 7.25. The molecule has 1 heterocycles. The van der Waals surface area contributed by atoms with Crippen molar-refractivity contribution in [3.8, 4) is 0 Å². The van der Waals surface area contributed by atoms with E-state index in [1.807, 2.05) is 0 Å². The smallest absolute Gasteiger partial charge is 0.181 e. The van der Waals surface area contributed by atoms with Crippen LogP contribution in [0.5, 0.6) is 0 Å². The molecule has 2 atom stereocenters. The van der Waals surface area contributed by atoms with Crippen molar-refractivity contribution in [1.82, 2.24) is 10.3 Å². The van der Waals surface area contributed by atoms with E-state index in [9.17, 15) is 0 Å². The Bertz CT molecular complexity index is 387. The van der Waals surface area contributed by atoms with Crippen molar-refractivity contribution in [2.75, 3.05) is 6.54 Å². The third-order valence-corrected chi connectivity index (χ3v) is 4.48. The summed E-state index contributed by atoms with van der Waals surface area (Å²) >= 11 is 0.